The Morgan fingerprint density at radius 3 is 2.33 bits per heavy atom. The summed E-state index contributed by atoms with van der Waals surface area (Å²) in [6.45, 7) is 1.59. The van der Waals surface area contributed by atoms with Crippen LogP contribution in [0.1, 0.15) is 18.5 Å². The molecular weight excluding hydrogens is 411 g/mol. The first-order valence-corrected chi connectivity index (χ1v) is 8.99. The van der Waals surface area contributed by atoms with Gasteiger partial charge in [0.05, 0.1) is 0 Å². The molecule has 0 amide bonds. The van der Waals surface area contributed by atoms with Gasteiger partial charge in [-0.1, -0.05) is 46.3 Å². The minimum Gasteiger partial charge on any atom is -0.404 e. The summed E-state index contributed by atoms with van der Waals surface area (Å²) in [6, 6.07) is 11.4. The van der Waals surface area contributed by atoms with Crippen molar-refractivity contribution in [3.8, 4) is 5.75 Å². The number of benzene rings is 2. The van der Waals surface area contributed by atoms with Crippen molar-refractivity contribution in [2.45, 2.75) is 24.2 Å². The molecule has 0 aliphatic carbocycles. The summed E-state index contributed by atoms with van der Waals surface area (Å²) in [5.74, 6) is -0.801. The summed E-state index contributed by atoms with van der Waals surface area (Å²) in [7, 11) is -4.22. The van der Waals surface area contributed by atoms with Gasteiger partial charge in [-0.15, -0.1) is 13.2 Å². The maximum atomic E-state index is 12.5. The van der Waals surface area contributed by atoms with Crippen LogP contribution in [0.5, 0.6) is 5.75 Å². The molecule has 0 saturated heterocycles. The van der Waals surface area contributed by atoms with Crippen LogP contribution in [-0.2, 0) is 10.0 Å². The Bertz CT molecular complexity index is 810. The molecule has 1 unspecified atom stereocenters. The molecule has 0 aliphatic rings. The Kier molecular flexibility index (Phi) is 5.56. The van der Waals surface area contributed by atoms with Crippen LogP contribution in [0, 0.1) is 0 Å². The molecule has 0 radical (unpaired) electrons. The van der Waals surface area contributed by atoms with Crippen molar-refractivity contribution < 1.29 is 26.3 Å². The summed E-state index contributed by atoms with van der Waals surface area (Å²) >= 11 is 3.00. The Morgan fingerprint density at radius 2 is 1.75 bits per heavy atom. The maximum Gasteiger partial charge on any atom is 0.573 e. The first kappa shape index (κ1) is 18.8. The second-order valence-electron chi connectivity index (χ2n) is 4.89. The van der Waals surface area contributed by atoms with Gasteiger partial charge in [-0.05, 0) is 30.7 Å². The molecule has 0 spiro atoms. The lowest BCUT2D eigenvalue weighted by Crippen LogP contribution is -2.28. The highest BCUT2D eigenvalue weighted by atomic mass is 79.9. The van der Waals surface area contributed by atoms with Gasteiger partial charge in [0.1, 0.15) is 4.90 Å². The second kappa shape index (κ2) is 7.12. The number of nitrogens with one attached hydrogen (secondary N) is 1. The molecule has 0 saturated carbocycles. The summed E-state index contributed by atoms with van der Waals surface area (Å²) in [4.78, 5) is -0.592. The van der Waals surface area contributed by atoms with Crippen molar-refractivity contribution in [2.75, 3.05) is 0 Å². The first-order chi connectivity index (χ1) is 11.1. The van der Waals surface area contributed by atoms with Crippen LogP contribution < -0.4 is 9.46 Å². The molecule has 130 valence electrons. The lowest BCUT2D eigenvalue weighted by Gasteiger charge is -2.17. The monoisotopic (exact) mass is 423 g/mol. The Labute approximate surface area is 145 Å². The largest absolute Gasteiger partial charge is 0.573 e. The van der Waals surface area contributed by atoms with Crippen LogP contribution in [0.15, 0.2) is 57.9 Å². The van der Waals surface area contributed by atoms with Gasteiger partial charge in [-0.3, -0.25) is 0 Å². The van der Waals surface area contributed by atoms with E-state index in [9.17, 15) is 21.6 Å². The van der Waals surface area contributed by atoms with E-state index in [4.69, 9.17) is 0 Å². The van der Waals surface area contributed by atoms with E-state index in [0.29, 0.717) is 5.56 Å². The van der Waals surface area contributed by atoms with Gasteiger partial charge in [-0.2, -0.15) is 0 Å². The molecular formula is C15H13BrF3NO3S. The van der Waals surface area contributed by atoms with E-state index in [1.165, 1.54) is 6.07 Å². The van der Waals surface area contributed by atoms with Crippen molar-refractivity contribution >= 4 is 26.0 Å². The zero-order valence-corrected chi connectivity index (χ0v) is 14.7. The van der Waals surface area contributed by atoms with E-state index < -0.39 is 33.1 Å². The SMILES string of the molecule is CC(NS(=O)(=O)c1ccc(Br)cc1OC(F)(F)F)c1ccccc1. The summed E-state index contributed by atoms with van der Waals surface area (Å²) in [5.41, 5.74) is 0.677. The normalized spacial score (nSPS) is 13.5. The Hall–Kier alpha value is -1.58. The van der Waals surface area contributed by atoms with Gasteiger partial charge in [0.15, 0.2) is 5.75 Å². The minimum atomic E-state index is -5.00. The van der Waals surface area contributed by atoms with E-state index in [2.05, 4.69) is 25.4 Å². The molecule has 9 heteroatoms. The Balaban J connectivity index is 2.35. The van der Waals surface area contributed by atoms with Crippen molar-refractivity contribution in [3.05, 3.63) is 58.6 Å². The van der Waals surface area contributed by atoms with E-state index >= 15 is 0 Å². The van der Waals surface area contributed by atoms with E-state index in [1.807, 2.05) is 0 Å². The topological polar surface area (TPSA) is 55.4 Å². The van der Waals surface area contributed by atoms with Gasteiger partial charge in [0, 0.05) is 10.5 Å². The molecule has 0 fully saturated rings. The average molecular weight is 424 g/mol. The Morgan fingerprint density at radius 1 is 1.12 bits per heavy atom. The van der Waals surface area contributed by atoms with E-state index in [-0.39, 0.29) is 4.47 Å². The lowest BCUT2D eigenvalue weighted by molar-refractivity contribution is -0.275. The number of rotatable bonds is 5. The number of halogens is 4. The predicted octanol–water partition coefficient (Wildman–Crippen LogP) is 4.39. The molecule has 1 N–H and O–H groups in total. The van der Waals surface area contributed by atoms with Gasteiger partial charge >= 0.3 is 6.36 Å². The third-order valence-corrected chi connectivity index (χ3v) is 5.13. The summed E-state index contributed by atoms with van der Waals surface area (Å²) in [5, 5.41) is 0. The van der Waals surface area contributed by atoms with Crippen molar-refractivity contribution in [1.82, 2.24) is 4.72 Å². The molecule has 0 bridgehead atoms. The maximum absolute atomic E-state index is 12.5. The molecule has 0 aliphatic heterocycles. The van der Waals surface area contributed by atoms with Crippen LogP contribution in [0.4, 0.5) is 13.2 Å². The molecule has 0 heterocycles. The number of hydrogen-bond acceptors (Lipinski definition) is 3. The minimum absolute atomic E-state index is 0.261. The van der Waals surface area contributed by atoms with E-state index in [0.717, 1.165) is 12.1 Å². The molecule has 2 rings (SSSR count). The van der Waals surface area contributed by atoms with Crippen LogP contribution >= 0.6 is 15.9 Å². The molecule has 0 aromatic heterocycles. The standard InChI is InChI=1S/C15H13BrF3NO3S/c1-10(11-5-3-2-4-6-11)20-24(21,22)14-8-7-12(16)9-13(14)23-15(17,18)19/h2-10,20H,1H3. The zero-order chi connectivity index (χ0) is 18.0. The third kappa shape index (κ3) is 4.96. The third-order valence-electron chi connectivity index (χ3n) is 3.05. The smallest absolute Gasteiger partial charge is 0.404 e. The highest BCUT2D eigenvalue weighted by Crippen LogP contribution is 2.32. The molecule has 4 nitrogen and oxygen atoms in total. The fourth-order valence-corrected chi connectivity index (χ4v) is 3.70. The molecule has 24 heavy (non-hydrogen) atoms. The van der Waals surface area contributed by atoms with Gasteiger partial charge in [0.25, 0.3) is 0 Å². The molecule has 2 aromatic carbocycles. The van der Waals surface area contributed by atoms with Gasteiger partial charge < -0.3 is 4.74 Å². The quantitative estimate of drug-likeness (QED) is 0.775. The van der Waals surface area contributed by atoms with Crippen molar-refractivity contribution in [2.24, 2.45) is 0 Å². The van der Waals surface area contributed by atoms with Crippen LogP contribution in [0.3, 0.4) is 0 Å². The van der Waals surface area contributed by atoms with Crippen LogP contribution in [0.25, 0.3) is 0 Å². The predicted molar refractivity (Wildman–Crippen MR) is 86.0 cm³/mol. The molecule has 2 aromatic rings. The van der Waals surface area contributed by atoms with Crippen molar-refractivity contribution in [1.29, 1.82) is 0 Å². The second-order valence-corrected chi connectivity index (χ2v) is 7.49. The van der Waals surface area contributed by atoms with E-state index in [1.54, 1.807) is 37.3 Å². The average Bonchev–Trinajstić information content (AvgIpc) is 2.45. The fourth-order valence-electron chi connectivity index (χ4n) is 2.01. The zero-order valence-electron chi connectivity index (χ0n) is 12.3. The number of hydrogen-bond donors (Lipinski definition) is 1. The first-order valence-electron chi connectivity index (χ1n) is 6.71. The van der Waals surface area contributed by atoms with Crippen molar-refractivity contribution in [3.63, 3.8) is 0 Å². The molecule has 1 atom stereocenters. The van der Waals surface area contributed by atoms with Gasteiger partial charge in [0.2, 0.25) is 10.0 Å². The number of sulfonamides is 1. The lowest BCUT2D eigenvalue weighted by atomic mass is 10.1. The van der Waals surface area contributed by atoms with Gasteiger partial charge in [-0.25, -0.2) is 13.1 Å². The van der Waals surface area contributed by atoms with Crippen LogP contribution in [0.2, 0.25) is 0 Å². The number of ether oxygens (including phenoxy) is 1. The summed E-state index contributed by atoms with van der Waals surface area (Å²) in [6.07, 6.45) is -5.00. The highest BCUT2D eigenvalue weighted by molar-refractivity contribution is 9.10. The number of alkyl halides is 3. The van der Waals surface area contributed by atoms with Crippen LogP contribution in [-0.4, -0.2) is 14.8 Å². The highest BCUT2D eigenvalue weighted by Gasteiger charge is 2.34. The summed E-state index contributed by atoms with van der Waals surface area (Å²) < 4.78 is 68.9. The fraction of sp³-hybridized carbons (Fsp3) is 0.200.